The summed E-state index contributed by atoms with van der Waals surface area (Å²) < 4.78 is 15.2. The van der Waals surface area contributed by atoms with Crippen molar-refractivity contribution in [3.05, 3.63) is 12.2 Å². The lowest BCUT2D eigenvalue weighted by Crippen LogP contribution is -2.09. The molecule has 0 aliphatic carbocycles. The summed E-state index contributed by atoms with van der Waals surface area (Å²) in [6.07, 6.45) is 19.3. The van der Waals surface area contributed by atoms with Crippen LogP contribution in [-0.4, -0.2) is 38.9 Å². The molecule has 1 unspecified atom stereocenters. The lowest BCUT2D eigenvalue weighted by Gasteiger charge is -2.10. The van der Waals surface area contributed by atoms with Gasteiger partial charge in [0, 0.05) is 25.9 Å². The number of hydrogen-bond donors (Lipinski definition) is 0. The number of carbonyl (C=O) groups excluding carboxylic acids is 2. The quantitative estimate of drug-likeness (QED) is 0.121. The first kappa shape index (κ1) is 28.6. The molecule has 0 saturated heterocycles. The monoisotopic (exact) mass is 426 g/mol. The molecule has 0 aliphatic rings. The van der Waals surface area contributed by atoms with Crippen molar-refractivity contribution in [3.8, 4) is 0 Å². The molecule has 0 aliphatic heterocycles. The summed E-state index contributed by atoms with van der Waals surface area (Å²) >= 11 is 0. The van der Waals surface area contributed by atoms with E-state index < -0.39 is 11.9 Å². The van der Waals surface area contributed by atoms with E-state index in [4.69, 9.17) is 14.2 Å². The molecule has 5 heteroatoms. The first-order chi connectivity index (χ1) is 14.6. The summed E-state index contributed by atoms with van der Waals surface area (Å²) in [5.41, 5.74) is 0. The van der Waals surface area contributed by atoms with Gasteiger partial charge in [-0.25, -0.2) is 9.59 Å². The Hall–Kier alpha value is -1.36. The second-order valence-electron chi connectivity index (χ2n) is 8.23. The van der Waals surface area contributed by atoms with Crippen LogP contribution in [0.4, 0.5) is 0 Å². The second kappa shape index (κ2) is 22.3. The van der Waals surface area contributed by atoms with Crippen molar-refractivity contribution in [1.82, 2.24) is 0 Å². The van der Waals surface area contributed by atoms with Crippen LogP contribution in [0.1, 0.15) is 104 Å². The molecule has 0 spiro atoms. The molecule has 0 fully saturated rings. The Morgan fingerprint density at radius 1 is 0.667 bits per heavy atom. The molecule has 0 N–H and O–H groups in total. The second-order valence-corrected chi connectivity index (χ2v) is 8.23. The average Bonchev–Trinajstić information content (AvgIpc) is 2.74. The van der Waals surface area contributed by atoms with Crippen molar-refractivity contribution in [3.63, 3.8) is 0 Å². The first-order valence-electron chi connectivity index (χ1n) is 12.1. The van der Waals surface area contributed by atoms with E-state index in [1.54, 1.807) is 7.11 Å². The summed E-state index contributed by atoms with van der Waals surface area (Å²) in [6.45, 7) is 5.81. The number of unbranched alkanes of at least 4 members (excludes halogenated alkanes) is 11. The van der Waals surface area contributed by atoms with Gasteiger partial charge >= 0.3 is 11.9 Å². The van der Waals surface area contributed by atoms with Gasteiger partial charge < -0.3 is 14.2 Å². The number of hydrogen-bond acceptors (Lipinski definition) is 5. The van der Waals surface area contributed by atoms with Gasteiger partial charge in [0.05, 0.1) is 13.2 Å². The van der Waals surface area contributed by atoms with E-state index in [1.807, 2.05) is 0 Å². The summed E-state index contributed by atoms with van der Waals surface area (Å²) in [4.78, 5) is 23.2. The van der Waals surface area contributed by atoms with Gasteiger partial charge in [-0.3, -0.25) is 0 Å². The Bertz CT molecular complexity index is 433. The highest BCUT2D eigenvalue weighted by Gasteiger charge is 2.05. The smallest absolute Gasteiger partial charge is 0.331 e. The zero-order valence-electron chi connectivity index (χ0n) is 19.8. The standard InChI is InChI=1S/C25H46O5/c1-4-5-6-7-8-9-10-11-12-13-14-15-20-29-24(26)16-17-25(27)30-22-19-23(2)18-21-28-3/h16-17,23H,4-15,18-22H2,1-3H3/b17-16+. The lowest BCUT2D eigenvalue weighted by atomic mass is 10.1. The molecule has 0 bridgehead atoms. The van der Waals surface area contributed by atoms with Crippen LogP contribution in [0.5, 0.6) is 0 Å². The van der Waals surface area contributed by atoms with E-state index in [9.17, 15) is 9.59 Å². The lowest BCUT2D eigenvalue weighted by molar-refractivity contribution is -0.140. The van der Waals surface area contributed by atoms with E-state index in [0.29, 0.717) is 25.7 Å². The van der Waals surface area contributed by atoms with Gasteiger partial charge in [0.1, 0.15) is 0 Å². The van der Waals surface area contributed by atoms with Crippen molar-refractivity contribution >= 4 is 11.9 Å². The zero-order valence-corrected chi connectivity index (χ0v) is 19.8. The van der Waals surface area contributed by atoms with Gasteiger partial charge in [0.25, 0.3) is 0 Å². The summed E-state index contributed by atoms with van der Waals surface area (Å²) in [6, 6.07) is 0. The number of rotatable bonds is 21. The van der Waals surface area contributed by atoms with Crippen molar-refractivity contribution in [2.24, 2.45) is 5.92 Å². The number of methoxy groups -OCH3 is 1. The van der Waals surface area contributed by atoms with Gasteiger partial charge in [-0.15, -0.1) is 0 Å². The highest BCUT2D eigenvalue weighted by molar-refractivity contribution is 5.91. The largest absolute Gasteiger partial charge is 0.463 e. The van der Waals surface area contributed by atoms with Crippen molar-refractivity contribution < 1.29 is 23.8 Å². The highest BCUT2D eigenvalue weighted by atomic mass is 16.5. The first-order valence-corrected chi connectivity index (χ1v) is 12.1. The zero-order chi connectivity index (χ0) is 22.3. The predicted octanol–water partition coefficient (Wildman–Crippen LogP) is 6.39. The Morgan fingerprint density at radius 3 is 1.60 bits per heavy atom. The molecule has 0 rings (SSSR count). The van der Waals surface area contributed by atoms with Crippen LogP contribution >= 0.6 is 0 Å². The molecule has 0 aromatic carbocycles. The Kier molecular flexibility index (Phi) is 21.3. The summed E-state index contributed by atoms with van der Waals surface area (Å²) in [5.74, 6) is -0.554. The molecule has 0 saturated carbocycles. The summed E-state index contributed by atoms with van der Waals surface area (Å²) in [7, 11) is 1.68. The van der Waals surface area contributed by atoms with E-state index in [2.05, 4.69) is 13.8 Å². The average molecular weight is 427 g/mol. The van der Waals surface area contributed by atoms with E-state index >= 15 is 0 Å². The SMILES string of the molecule is CCCCCCCCCCCCCCOC(=O)/C=C/C(=O)OCCC(C)CCOC. The third-order valence-electron chi connectivity index (χ3n) is 5.27. The van der Waals surface area contributed by atoms with Gasteiger partial charge in [0.15, 0.2) is 0 Å². The minimum absolute atomic E-state index is 0.349. The normalized spacial score (nSPS) is 12.2. The van der Waals surface area contributed by atoms with Crippen molar-refractivity contribution in [2.45, 2.75) is 104 Å². The third kappa shape index (κ3) is 21.4. The molecule has 5 nitrogen and oxygen atoms in total. The molecule has 0 aromatic heterocycles. The van der Waals surface area contributed by atoms with Gasteiger partial charge in [-0.2, -0.15) is 0 Å². The third-order valence-corrected chi connectivity index (χ3v) is 5.27. The molecule has 0 heterocycles. The molecule has 0 amide bonds. The van der Waals surface area contributed by atoms with Crippen LogP contribution in [0.15, 0.2) is 12.2 Å². The number of esters is 2. The molecule has 0 radical (unpaired) electrons. The van der Waals surface area contributed by atoms with Gasteiger partial charge in [-0.05, 0) is 25.2 Å². The maximum atomic E-state index is 11.6. The molecular formula is C25H46O5. The topological polar surface area (TPSA) is 61.8 Å². The molecule has 0 aromatic rings. The van der Waals surface area contributed by atoms with Gasteiger partial charge in [-0.1, -0.05) is 84.5 Å². The van der Waals surface area contributed by atoms with Crippen LogP contribution in [0.25, 0.3) is 0 Å². The van der Waals surface area contributed by atoms with Crippen LogP contribution < -0.4 is 0 Å². The summed E-state index contributed by atoms with van der Waals surface area (Å²) in [5, 5.41) is 0. The fraction of sp³-hybridized carbons (Fsp3) is 0.840. The molecular weight excluding hydrogens is 380 g/mol. The molecule has 1 atom stereocenters. The Morgan fingerprint density at radius 2 is 1.10 bits per heavy atom. The van der Waals surface area contributed by atoms with Gasteiger partial charge in [0.2, 0.25) is 0 Å². The maximum absolute atomic E-state index is 11.6. The van der Waals surface area contributed by atoms with E-state index in [1.165, 1.54) is 64.2 Å². The minimum atomic E-state index is -0.503. The number of ether oxygens (including phenoxy) is 3. The Labute approximate surface area is 184 Å². The van der Waals surface area contributed by atoms with E-state index in [-0.39, 0.29) is 0 Å². The Balaban J connectivity index is 3.46. The van der Waals surface area contributed by atoms with Crippen LogP contribution in [0.3, 0.4) is 0 Å². The maximum Gasteiger partial charge on any atom is 0.331 e. The fourth-order valence-corrected chi connectivity index (χ4v) is 3.17. The fourth-order valence-electron chi connectivity index (χ4n) is 3.17. The van der Waals surface area contributed by atoms with Crippen molar-refractivity contribution in [2.75, 3.05) is 26.9 Å². The van der Waals surface area contributed by atoms with Crippen LogP contribution in [0.2, 0.25) is 0 Å². The van der Waals surface area contributed by atoms with E-state index in [0.717, 1.165) is 37.8 Å². The van der Waals surface area contributed by atoms with Crippen molar-refractivity contribution in [1.29, 1.82) is 0 Å². The number of carbonyl (C=O) groups is 2. The molecule has 30 heavy (non-hydrogen) atoms. The highest BCUT2D eigenvalue weighted by Crippen LogP contribution is 2.12. The van der Waals surface area contributed by atoms with Crippen LogP contribution in [-0.2, 0) is 23.8 Å². The van der Waals surface area contributed by atoms with Crippen LogP contribution in [0, 0.1) is 5.92 Å². The minimum Gasteiger partial charge on any atom is -0.463 e. The predicted molar refractivity (Wildman–Crippen MR) is 122 cm³/mol. The molecule has 176 valence electrons.